The van der Waals surface area contributed by atoms with Gasteiger partial charge in [-0.05, 0) is 18.6 Å². The van der Waals surface area contributed by atoms with Gasteiger partial charge in [0.2, 0.25) is 0 Å². The molecular weight excluding hydrogens is 164 g/mol. The molecule has 0 amide bonds. The second-order valence-corrected chi connectivity index (χ2v) is 3.16. The number of rotatable bonds is 4. The van der Waals surface area contributed by atoms with E-state index in [0.29, 0.717) is 6.42 Å². The van der Waals surface area contributed by atoms with Crippen LogP contribution in [0.1, 0.15) is 32.6 Å². The normalized spacial score (nSPS) is 22.2. The number of esters is 1. The summed E-state index contributed by atoms with van der Waals surface area (Å²) >= 11 is 0. The van der Waals surface area contributed by atoms with E-state index < -0.39 is 0 Å². The Kier molecular flexibility index (Phi) is 4.30. The molecule has 2 heteroatoms. The summed E-state index contributed by atoms with van der Waals surface area (Å²) in [6.07, 6.45) is 11.6. The molecule has 1 aliphatic rings. The number of carbonyl (C=O) groups is 1. The highest BCUT2D eigenvalue weighted by Crippen LogP contribution is 2.08. The maximum Gasteiger partial charge on any atom is 0.310 e. The SMILES string of the molecule is CCCC/C=C/C1C=CCC(=O)O1. The zero-order valence-electron chi connectivity index (χ0n) is 8.03. The van der Waals surface area contributed by atoms with Gasteiger partial charge in [-0.25, -0.2) is 0 Å². The molecule has 0 N–H and O–H groups in total. The van der Waals surface area contributed by atoms with Crippen molar-refractivity contribution in [3.05, 3.63) is 24.3 Å². The molecule has 0 spiro atoms. The van der Waals surface area contributed by atoms with Crippen molar-refractivity contribution in [1.82, 2.24) is 0 Å². The third-order valence-electron chi connectivity index (χ3n) is 1.93. The zero-order valence-corrected chi connectivity index (χ0v) is 8.03. The predicted molar refractivity (Wildman–Crippen MR) is 52.3 cm³/mol. The van der Waals surface area contributed by atoms with Crippen molar-refractivity contribution < 1.29 is 9.53 Å². The lowest BCUT2D eigenvalue weighted by Gasteiger charge is -2.13. The van der Waals surface area contributed by atoms with Gasteiger partial charge in [-0.2, -0.15) is 0 Å². The van der Waals surface area contributed by atoms with E-state index in [1.54, 1.807) is 0 Å². The molecule has 1 rings (SSSR count). The molecule has 0 aromatic carbocycles. The molecule has 0 radical (unpaired) electrons. The van der Waals surface area contributed by atoms with Crippen molar-refractivity contribution in [2.45, 2.75) is 38.7 Å². The number of cyclic esters (lactones) is 1. The lowest BCUT2D eigenvalue weighted by Crippen LogP contribution is -2.16. The lowest BCUT2D eigenvalue weighted by molar-refractivity contribution is -0.144. The topological polar surface area (TPSA) is 26.3 Å². The van der Waals surface area contributed by atoms with Gasteiger partial charge in [0, 0.05) is 0 Å². The highest BCUT2D eigenvalue weighted by Gasteiger charge is 2.11. The quantitative estimate of drug-likeness (QED) is 0.377. The fourth-order valence-electron chi connectivity index (χ4n) is 1.19. The summed E-state index contributed by atoms with van der Waals surface area (Å²) in [4.78, 5) is 10.9. The van der Waals surface area contributed by atoms with Gasteiger partial charge in [-0.15, -0.1) is 0 Å². The minimum atomic E-state index is -0.132. The zero-order chi connectivity index (χ0) is 9.52. The lowest BCUT2D eigenvalue weighted by atomic mass is 10.2. The third kappa shape index (κ3) is 3.92. The molecule has 2 nitrogen and oxygen atoms in total. The molecule has 1 unspecified atom stereocenters. The maximum absolute atomic E-state index is 10.9. The number of carbonyl (C=O) groups excluding carboxylic acids is 1. The van der Waals surface area contributed by atoms with E-state index in [-0.39, 0.29) is 12.1 Å². The van der Waals surface area contributed by atoms with E-state index in [9.17, 15) is 4.79 Å². The van der Waals surface area contributed by atoms with Crippen LogP contribution in [0, 0.1) is 0 Å². The Morgan fingerprint density at radius 1 is 1.69 bits per heavy atom. The van der Waals surface area contributed by atoms with Crippen LogP contribution < -0.4 is 0 Å². The highest BCUT2D eigenvalue weighted by atomic mass is 16.5. The first kappa shape index (κ1) is 10.0. The van der Waals surface area contributed by atoms with Crippen molar-refractivity contribution in [3.8, 4) is 0 Å². The summed E-state index contributed by atoms with van der Waals surface area (Å²) in [6, 6.07) is 0. The van der Waals surface area contributed by atoms with Gasteiger partial charge < -0.3 is 4.74 Å². The molecule has 0 saturated carbocycles. The summed E-state index contributed by atoms with van der Waals surface area (Å²) in [5.41, 5.74) is 0. The fraction of sp³-hybridized carbons (Fsp3) is 0.545. The average molecular weight is 180 g/mol. The smallest absolute Gasteiger partial charge is 0.310 e. The van der Waals surface area contributed by atoms with E-state index in [0.717, 1.165) is 6.42 Å². The number of unbranched alkanes of at least 4 members (excludes halogenated alkanes) is 2. The maximum atomic E-state index is 10.9. The Balaban J connectivity index is 2.27. The Labute approximate surface area is 79.3 Å². The van der Waals surface area contributed by atoms with E-state index in [1.807, 2.05) is 18.2 Å². The third-order valence-corrected chi connectivity index (χ3v) is 1.93. The van der Waals surface area contributed by atoms with Crippen molar-refractivity contribution >= 4 is 5.97 Å². The van der Waals surface area contributed by atoms with Gasteiger partial charge in [0.15, 0.2) is 0 Å². The van der Waals surface area contributed by atoms with Crippen LogP contribution >= 0.6 is 0 Å². The first-order valence-electron chi connectivity index (χ1n) is 4.85. The summed E-state index contributed by atoms with van der Waals surface area (Å²) in [5.74, 6) is -0.132. The van der Waals surface area contributed by atoms with Crippen molar-refractivity contribution in [2.75, 3.05) is 0 Å². The molecule has 0 saturated heterocycles. The molecule has 1 aliphatic heterocycles. The number of hydrogen-bond donors (Lipinski definition) is 0. The summed E-state index contributed by atoms with van der Waals surface area (Å²) in [6.45, 7) is 2.16. The van der Waals surface area contributed by atoms with Gasteiger partial charge >= 0.3 is 5.97 Å². The highest BCUT2D eigenvalue weighted by molar-refractivity contribution is 5.72. The molecule has 1 atom stereocenters. The molecule has 72 valence electrons. The van der Waals surface area contributed by atoms with E-state index in [1.165, 1.54) is 12.8 Å². The molecule has 0 aliphatic carbocycles. The van der Waals surface area contributed by atoms with Gasteiger partial charge in [-0.3, -0.25) is 4.79 Å². The van der Waals surface area contributed by atoms with E-state index in [2.05, 4.69) is 13.0 Å². The van der Waals surface area contributed by atoms with Crippen LogP contribution in [0.15, 0.2) is 24.3 Å². The van der Waals surface area contributed by atoms with E-state index >= 15 is 0 Å². The second-order valence-electron chi connectivity index (χ2n) is 3.16. The Morgan fingerprint density at radius 2 is 2.54 bits per heavy atom. The molecule has 0 bridgehead atoms. The monoisotopic (exact) mass is 180 g/mol. The second kappa shape index (κ2) is 5.57. The molecule has 0 aromatic rings. The first-order valence-corrected chi connectivity index (χ1v) is 4.85. The molecule has 0 fully saturated rings. The number of ether oxygens (including phenoxy) is 1. The minimum absolute atomic E-state index is 0.127. The van der Waals surface area contributed by atoms with Crippen molar-refractivity contribution in [2.24, 2.45) is 0 Å². The Bertz CT molecular complexity index is 216. The predicted octanol–water partition coefficient (Wildman–Crippen LogP) is 2.60. The largest absolute Gasteiger partial charge is 0.454 e. The van der Waals surface area contributed by atoms with Crippen LogP contribution in [0.4, 0.5) is 0 Å². The van der Waals surface area contributed by atoms with Gasteiger partial charge in [0.25, 0.3) is 0 Å². The first-order chi connectivity index (χ1) is 6.33. The summed E-state index contributed by atoms with van der Waals surface area (Å²) in [7, 11) is 0. The van der Waals surface area contributed by atoms with Gasteiger partial charge in [-0.1, -0.05) is 31.9 Å². The molecular formula is C11H16O2. The van der Waals surface area contributed by atoms with Crippen LogP contribution in [-0.2, 0) is 9.53 Å². The fourth-order valence-corrected chi connectivity index (χ4v) is 1.19. The Hall–Kier alpha value is -1.05. The van der Waals surface area contributed by atoms with Gasteiger partial charge in [0.05, 0.1) is 6.42 Å². The van der Waals surface area contributed by atoms with Crippen LogP contribution in [0.3, 0.4) is 0 Å². The number of hydrogen-bond acceptors (Lipinski definition) is 2. The van der Waals surface area contributed by atoms with Gasteiger partial charge in [0.1, 0.15) is 6.10 Å². The van der Waals surface area contributed by atoms with Crippen LogP contribution in [0.2, 0.25) is 0 Å². The van der Waals surface area contributed by atoms with E-state index in [4.69, 9.17) is 4.74 Å². The standard InChI is InChI=1S/C11H16O2/c1-2-3-4-5-7-10-8-6-9-11(12)13-10/h5-8,10H,2-4,9H2,1H3/b7-5+. The minimum Gasteiger partial charge on any atom is -0.454 e. The summed E-state index contributed by atoms with van der Waals surface area (Å²) in [5, 5.41) is 0. The van der Waals surface area contributed by atoms with Crippen molar-refractivity contribution in [1.29, 1.82) is 0 Å². The molecule has 1 heterocycles. The molecule has 13 heavy (non-hydrogen) atoms. The number of allylic oxidation sites excluding steroid dienone is 1. The van der Waals surface area contributed by atoms with Crippen LogP contribution in [0.25, 0.3) is 0 Å². The Morgan fingerprint density at radius 3 is 3.23 bits per heavy atom. The van der Waals surface area contributed by atoms with Crippen molar-refractivity contribution in [3.63, 3.8) is 0 Å². The van der Waals surface area contributed by atoms with Crippen LogP contribution in [0.5, 0.6) is 0 Å². The van der Waals surface area contributed by atoms with Crippen LogP contribution in [-0.4, -0.2) is 12.1 Å². The molecule has 0 aromatic heterocycles. The summed E-state index contributed by atoms with van der Waals surface area (Å²) < 4.78 is 5.05. The average Bonchev–Trinajstić information content (AvgIpc) is 2.13.